The molecule has 0 bridgehead atoms. The molecule has 0 unspecified atom stereocenters. The fraction of sp³-hybridized carbons (Fsp3) is 0.957. The maximum Gasteiger partial charge on any atom is 0.151 e. The number of hydrogen-bond donors (Lipinski definition) is 3. The average Bonchev–Trinajstić information content (AvgIpc) is 2.71. The van der Waals surface area contributed by atoms with E-state index in [0.717, 1.165) is 12.8 Å². The largest absolute Gasteiger partial charge is 0.388 e. The molecule has 0 aromatic carbocycles. The first-order chi connectivity index (χ1) is 13.6. The van der Waals surface area contributed by atoms with Crippen molar-refractivity contribution < 1.29 is 24.9 Å². The molecule has 5 nitrogen and oxygen atoms in total. The van der Waals surface area contributed by atoms with E-state index < -0.39 is 18.3 Å². The van der Waals surface area contributed by atoms with Gasteiger partial charge in [0.25, 0.3) is 0 Å². The van der Waals surface area contributed by atoms with Crippen LogP contribution in [-0.4, -0.2) is 53.1 Å². The van der Waals surface area contributed by atoms with Crippen LogP contribution in [0, 0.1) is 0 Å². The molecule has 0 saturated carbocycles. The summed E-state index contributed by atoms with van der Waals surface area (Å²) in [6.07, 6.45) is 17.1. The van der Waals surface area contributed by atoms with Crippen LogP contribution in [-0.2, 0) is 9.53 Å². The van der Waals surface area contributed by atoms with Gasteiger partial charge in [0.15, 0.2) is 6.29 Å². The number of aliphatic hydroxyl groups excluding tert-OH is 3. The molecule has 3 N–H and O–H groups in total. The Morgan fingerprint density at radius 1 is 0.679 bits per heavy atom. The molecule has 0 aliphatic rings. The van der Waals surface area contributed by atoms with Gasteiger partial charge >= 0.3 is 0 Å². The number of aliphatic hydroxyl groups is 3. The highest BCUT2D eigenvalue weighted by Gasteiger charge is 2.24. The molecule has 0 heterocycles. The van der Waals surface area contributed by atoms with Crippen LogP contribution in [0.25, 0.3) is 0 Å². The van der Waals surface area contributed by atoms with E-state index in [4.69, 9.17) is 9.84 Å². The Morgan fingerprint density at radius 3 is 1.46 bits per heavy atom. The maximum absolute atomic E-state index is 10.3. The second-order valence-corrected chi connectivity index (χ2v) is 8.06. The molecule has 0 rings (SSSR count). The van der Waals surface area contributed by atoms with Gasteiger partial charge in [0.2, 0.25) is 0 Å². The molecule has 0 aliphatic heterocycles. The van der Waals surface area contributed by atoms with Crippen LogP contribution < -0.4 is 0 Å². The zero-order chi connectivity index (χ0) is 20.9. The monoisotopic (exact) mass is 402 g/mol. The standard InChI is InChI=1S/C23H46O5/c1-2-3-4-5-6-7-8-9-10-11-12-13-14-15-16-17-18-28-20-22(26)23(27)21(25)19-24/h19,21-23,25-27H,2-18,20H2,1H3/t21-,22+,23+/m0/s1. The lowest BCUT2D eigenvalue weighted by molar-refractivity contribution is -0.129. The number of carbonyl (C=O) groups excluding carboxylic acids is 1. The molecular formula is C23H46O5. The highest BCUT2D eigenvalue weighted by molar-refractivity contribution is 5.56. The van der Waals surface area contributed by atoms with Crippen molar-refractivity contribution in [3.8, 4) is 0 Å². The Kier molecular flexibility index (Phi) is 20.9. The number of aldehydes is 1. The van der Waals surface area contributed by atoms with Gasteiger partial charge < -0.3 is 24.9 Å². The topological polar surface area (TPSA) is 87.0 Å². The first-order valence-corrected chi connectivity index (χ1v) is 11.7. The molecule has 0 aliphatic carbocycles. The molecule has 0 aromatic heterocycles. The van der Waals surface area contributed by atoms with Crippen LogP contribution >= 0.6 is 0 Å². The van der Waals surface area contributed by atoms with Gasteiger partial charge in [0, 0.05) is 6.61 Å². The summed E-state index contributed by atoms with van der Waals surface area (Å²) in [4.78, 5) is 10.3. The lowest BCUT2D eigenvalue weighted by Gasteiger charge is -2.19. The van der Waals surface area contributed by atoms with Crippen molar-refractivity contribution in [3.63, 3.8) is 0 Å². The predicted octanol–water partition coefficient (Wildman–Crippen LogP) is 4.55. The number of ether oxygens (including phenoxy) is 1. The minimum Gasteiger partial charge on any atom is -0.388 e. The molecule has 28 heavy (non-hydrogen) atoms. The van der Waals surface area contributed by atoms with E-state index in [0.29, 0.717) is 6.61 Å². The van der Waals surface area contributed by atoms with Gasteiger partial charge in [-0.15, -0.1) is 0 Å². The minimum atomic E-state index is -1.56. The lowest BCUT2D eigenvalue weighted by atomic mass is 10.0. The molecular weight excluding hydrogens is 356 g/mol. The summed E-state index contributed by atoms with van der Waals surface area (Å²) in [6.45, 7) is 2.73. The first kappa shape index (κ1) is 27.5. The third-order valence-electron chi connectivity index (χ3n) is 5.31. The number of carbonyl (C=O) groups is 1. The summed E-state index contributed by atoms with van der Waals surface area (Å²) in [5.41, 5.74) is 0. The zero-order valence-corrected chi connectivity index (χ0v) is 18.2. The molecule has 0 spiro atoms. The molecule has 168 valence electrons. The summed E-state index contributed by atoms with van der Waals surface area (Å²) >= 11 is 0. The van der Waals surface area contributed by atoms with E-state index in [1.54, 1.807) is 0 Å². The van der Waals surface area contributed by atoms with E-state index in [2.05, 4.69) is 6.92 Å². The summed E-state index contributed by atoms with van der Waals surface area (Å²) in [7, 11) is 0. The molecule has 0 saturated heterocycles. The summed E-state index contributed by atoms with van der Waals surface area (Å²) in [5.74, 6) is 0. The van der Waals surface area contributed by atoms with Gasteiger partial charge in [-0.3, -0.25) is 0 Å². The number of hydrogen-bond acceptors (Lipinski definition) is 5. The van der Waals surface area contributed by atoms with Crippen molar-refractivity contribution in [2.45, 2.75) is 128 Å². The molecule has 3 atom stereocenters. The summed E-state index contributed by atoms with van der Waals surface area (Å²) < 4.78 is 5.29. The van der Waals surface area contributed by atoms with Crippen molar-refractivity contribution >= 4 is 6.29 Å². The Hall–Kier alpha value is -0.490. The first-order valence-electron chi connectivity index (χ1n) is 11.7. The van der Waals surface area contributed by atoms with Crippen LogP contribution in [0.5, 0.6) is 0 Å². The predicted molar refractivity (Wildman–Crippen MR) is 114 cm³/mol. The average molecular weight is 403 g/mol. The molecule has 5 heteroatoms. The highest BCUT2D eigenvalue weighted by atomic mass is 16.5. The van der Waals surface area contributed by atoms with E-state index in [9.17, 15) is 15.0 Å². The fourth-order valence-corrected chi connectivity index (χ4v) is 3.36. The SMILES string of the molecule is CCCCCCCCCCCCCCCCCCOC[C@@H](O)[C@H](O)[C@@H](O)C=O. The van der Waals surface area contributed by atoms with Gasteiger partial charge in [0.05, 0.1) is 6.61 Å². The Morgan fingerprint density at radius 2 is 1.07 bits per heavy atom. The van der Waals surface area contributed by atoms with E-state index >= 15 is 0 Å². The van der Waals surface area contributed by atoms with Gasteiger partial charge in [-0.1, -0.05) is 103 Å². The Bertz CT molecular complexity index is 324. The molecule has 0 amide bonds. The molecule has 0 aromatic rings. The third kappa shape index (κ3) is 17.6. The van der Waals surface area contributed by atoms with Gasteiger partial charge in [-0.2, -0.15) is 0 Å². The van der Waals surface area contributed by atoms with E-state index in [1.807, 2.05) is 0 Å². The Balaban J connectivity index is 3.19. The van der Waals surface area contributed by atoms with Gasteiger partial charge in [-0.05, 0) is 6.42 Å². The van der Waals surface area contributed by atoms with E-state index in [1.165, 1.54) is 89.9 Å². The smallest absolute Gasteiger partial charge is 0.151 e. The lowest BCUT2D eigenvalue weighted by Crippen LogP contribution is -2.40. The minimum absolute atomic E-state index is 0.0647. The highest BCUT2D eigenvalue weighted by Crippen LogP contribution is 2.13. The Labute approximate surface area is 172 Å². The number of rotatable bonds is 22. The molecule has 0 fully saturated rings. The number of unbranched alkanes of at least 4 members (excludes halogenated alkanes) is 15. The zero-order valence-electron chi connectivity index (χ0n) is 18.2. The molecule has 0 radical (unpaired) electrons. The normalized spacial score (nSPS) is 14.7. The van der Waals surface area contributed by atoms with Crippen molar-refractivity contribution in [1.29, 1.82) is 0 Å². The van der Waals surface area contributed by atoms with Crippen LogP contribution in [0.4, 0.5) is 0 Å². The van der Waals surface area contributed by atoms with E-state index in [-0.39, 0.29) is 12.9 Å². The van der Waals surface area contributed by atoms with Gasteiger partial charge in [0.1, 0.15) is 18.3 Å². The van der Waals surface area contributed by atoms with Crippen molar-refractivity contribution in [3.05, 3.63) is 0 Å². The van der Waals surface area contributed by atoms with Gasteiger partial charge in [-0.25, -0.2) is 0 Å². The van der Waals surface area contributed by atoms with Crippen LogP contribution in [0.1, 0.15) is 110 Å². The summed E-state index contributed by atoms with van der Waals surface area (Å²) in [5, 5.41) is 28.1. The summed E-state index contributed by atoms with van der Waals surface area (Å²) in [6, 6.07) is 0. The van der Waals surface area contributed by atoms with Crippen LogP contribution in [0.15, 0.2) is 0 Å². The van der Waals surface area contributed by atoms with Crippen molar-refractivity contribution in [1.82, 2.24) is 0 Å². The van der Waals surface area contributed by atoms with Crippen molar-refractivity contribution in [2.24, 2.45) is 0 Å². The van der Waals surface area contributed by atoms with Crippen LogP contribution in [0.2, 0.25) is 0 Å². The van der Waals surface area contributed by atoms with Crippen molar-refractivity contribution in [2.75, 3.05) is 13.2 Å². The quantitative estimate of drug-likeness (QED) is 0.183. The second-order valence-electron chi connectivity index (χ2n) is 8.06. The maximum atomic E-state index is 10.3. The third-order valence-corrected chi connectivity index (χ3v) is 5.31. The van der Waals surface area contributed by atoms with Crippen LogP contribution in [0.3, 0.4) is 0 Å². The fourth-order valence-electron chi connectivity index (χ4n) is 3.36. The second kappa shape index (κ2) is 21.2.